The van der Waals surface area contributed by atoms with Crippen LogP contribution in [0.5, 0.6) is 5.75 Å². The lowest BCUT2D eigenvalue weighted by Gasteiger charge is -2.29. The van der Waals surface area contributed by atoms with E-state index in [4.69, 9.17) is 4.98 Å². The summed E-state index contributed by atoms with van der Waals surface area (Å²) in [6.45, 7) is 5.00. The second-order valence-corrected chi connectivity index (χ2v) is 9.12. The molecule has 2 aromatic carbocycles. The summed E-state index contributed by atoms with van der Waals surface area (Å²) in [4.78, 5) is 10.8. The second-order valence-electron chi connectivity index (χ2n) is 9.12. The number of nitrogens with zero attached hydrogens (tertiary/aromatic N) is 3. The number of hydrogen-bond acceptors (Lipinski definition) is 4. The van der Waals surface area contributed by atoms with Crippen LogP contribution in [0.1, 0.15) is 43.1 Å². The van der Waals surface area contributed by atoms with Crippen molar-refractivity contribution in [1.29, 1.82) is 0 Å². The molecular formula is C25H26FN5O. The number of nitrogens with one attached hydrogen (secondary N) is 2. The molecule has 0 atom stereocenters. The third-order valence-electron chi connectivity index (χ3n) is 7.01. The minimum atomic E-state index is -0.612. The number of halogens is 1. The van der Waals surface area contributed by atoms with E-state index in [0.717, 1.165) is 63.8 Å². The van der Waals surface area contributed by atoms with E-state index in [0.29, 0.717) is 6.42 Å². The summed E-state index contributed by atoms with van der Waals surface area (Å²) in [5, 5.41) is 18.3. The lowest BCUT2D eigenvalue weighted by Crippen LogP contribution is -2.28. The van der Waals surface area contributed by atoms with Gasteiger partial charge in [-0.05, 0) is 66.1 Å². The molecular weight excluding hydrogens is 405 g/mol. The molecule has 7 heteroatoms. The molecule has 32 heavy (non-hydrogen) atoms. The second kappa shape index (κ2) is 7.45. The van der Waals surface area contributed by atoms with Crippen molar-refractivity contribution in [3.63, 3.8) is 0 Å². The smallest absolute Gasteiger partial charge is 0.165 e. The van der Waals surface area contributed by atoms with Crippen molar-refractivity contribution in [2.24, 2.45) is 5.92 Å². The van der Waals surface area contributed by atoms with Gasteiger partial charge in [0.25, 0.3) is 0 Å². The predicted octanol–water partition coefficient (Wildman–Crippen LogP) is 5.14. The molecule has 1 saturated carbocycles. The van der Waals surface area contributed by atoms with E-state index in [1.807, 2.05) is 25.1 Å². The molecule has 1 aliphatic carbocycles. The number of phenolic OH excluding ortho intramolecular Hbond substituents is 1. The van der Waals surface area contributed by atoms with E-state index < -0.39 is 5.82 Å². The summed E-state index contributed by atoms with van der Waals surface area (Å²) in [5.74, 6) is 0.729. The van der Waals surface area contributed by atoms with Crippen molar-refractivity contribution in [1.82, 2.24) is 25.1 Å². The molecule has 0 unspecified atom stereocenters. The third kappa shape index (κ3) is 3.19. The van der Waals surface area contributed by atoms with Gasteiger partial charge >= 0.3 is 0 Å². The summed E-state index contributed by atoms with van der Waals surface area (Å²) in [6.07, 6.45) is 4.80. The van der Waals surface area contributed by atoms with Gasteiger partial charge in [0.1, 0.15) is 5.69 Å². The fourth-order valence-corrected chi connectivity index (χ4v) is 5.01. The minimum Gasteiger partial charge on any atom is -0.505 e. The van der Waals surface area contributed by atoms with Gasteiger partial charge in [0, 0.05) is 25.0 Å². The molecule has 0 spiro atoms. The van der Waals surface area contributed by atoms with Gasteiger partial charge in [-0.1, -0.05) is 19.4 Å². The molecule has 0 amide bonds. The Hall–Kier alpha value is -3.19. The molecule has 4 aromatic rings. The largest absolute Gasteiger partial charge is 0.505 e. The highest BCUT2D eigenvalue weighted by Gasteiger charge is 2.28. The molecule has 6 rings (SSSR count). The molecule has 3 N–H and O–H groups in total. The Morgan fingerprint density at radius 1 is 1.19 bits per heavy atom. The number of aromatic hydroxyl groups is 1. The van der Waals surface area contributed by atoms with Gasteiger partial charge in [-0.25, -0.2) is 9.37 Å². The molecule has 2 aliphatic rings. The van der Waals surface area contributed by atoms with Crippen molar-refractivity contribution < 1.29 is 9.50 Å². The van der Waals surface area contributed by atoms with Crippen LogP contribution in [0, 0.1) is 11.7 Å². The fraction of sp³-hybridized carbons (Fsp3) is 0.360. The van der Waals surface area contributed by atoms with E-state index in [-0.39, 0.29) is 5.75 Å². The van der Waals surface area contributed by atoms with Crippen LogP contribution in [0.15, 0.2) is 30.3 Å². The van der Waals surface area contributed by atoms with E-state index >= 15 is 0 Å². The molecule has 0 saturated heterocycles. The van der Waals surface area contributed by atoms with Crippen LogP contribution in [-0.2, 0) is 19.5 Å². The maximum Gasteiger partial charge on any atom is 0.165 e. The zero-order valence-electron chi connectivity index (χ0n) is 18.1. The monoisotopic (exact) mass is 431 g/mol. The number of hydrogen-bond donors (Lipinski definition) is 3. The summed E-state index contributed by atoms with van der Waals surface area (Å²) >= 11 is 0. The van der Waals surface area contributed by atoms with E-state index in [2.05, 4.69) is 20.1 Å². The lowest BCUT2D eigenvalue weighted by molar-refractivity contribution is 0.177. The third-order valence-corrected chi connectivity index (χ3v) is 7.01. The van der Waals surface area contributed by atoms with Crippen molar-refractivity contribution in [3.8, 4) is 28.4 Å². The summed E-state index contributed by atoms with van der Waals surface area (Å²) in [5.41, 5.74) is 6.56. The summed E-state index contributed by atoms with van der Waals surface area (Å²) in [7, 11) is 0. The maximum atomic E-state index is 14.0. The normalized spacial score (nSPS) is 16.6. The van der Waals surface area contributed by atoms with Crippen LogP contribution < -0.4 is 0 Å². The Balaban J connectivity index is 1.29. The van der Waals surface area contributed by atoms with Gasteiger partial charge in [-0.15, -0.1) is 0 Å². The molecule has 1 fully saturated rings. The topological polar surface area (TPSA) is 80.8 Å². The molecule has 2 aromatic heterocycles. The first kappa shape index (κ1) is 19.5. The Kier molecular flexibility index (Phi) is 4.54. The van der Waals surface area contributed by atoms with Crippen molar-refractivity contribution in [2.75, 3.05) is 6.54 Å². The number of fused-ring (bicyclic) bond motifs is 2. The standard InChI is InChI=1S/C25H26FN5O/c1-2-15-9-23(32)19(26)10-18(15)16-6-7-17-20(8-16)29-30-24(17)25-27-21-12-31(13-22(21)28-25)11-14-4-3-5-14/h6-10,14,32H,2-5,11-13H2,1H3,(H,27,28)(H,29,30). The predicted molar refractivity (Wildman–Crippen MR) is 122 cm³/mol. The molecule has 164 valence electrons. The number of imidazole rings is 1. The Labute approximate surface area is 185 Å². The van der Waals surface area contributed by atoms with Gasteiger partial charge in [-0.3, -0.25) is 10.00 Å². The first-order valence-corrected chi connectivity index (χ1v) is 11.4. The maximum absolute atomic E-state index is 14.0. The molecule has 0 radical (unpaired) electrons. The number of aromatic nitrogens is 4. The van der Waals surface area contributed by atoms with E-state index in [1.54, 1.807) is 0 Å². The summed E-state index contributed by atoms with van der Waals surface area (Å²) in [6, 6.07) is 8.87. The van der Waals surface area contributed by atoms with Crippen molar-refractivity contribution >= 4 is 10.9 Å². The Morgan fingerprint density at radius 2 is 2.06 bits per heavy atom. The van der Waals surface area contributed by atoms with Gasteiger partial charge in [0.2, 0.25) is 0 Å². The zero-order valence-corrected chi connectivity index (χ0v) is 18.1. The number of aryl methyl sites for hydroxylation is 1. The molecule has 0 bridgehead atoms. The number of benzene rings is 2. The van der Waals surface area contributed by atoms with Gasteiger partial charge in [-0.2, -0.15) is 5.10 Å². The zero-order chi connectivity index (χ0) is 21.8. The Morgan fingerprint density at radius 3 is 2.81 bits per heavy atom. The molecule has 6 nitrogen and oxygen atoms in total. The van der Waals surface area contributed by atoms with Crippen LogP contribution in [-0.4, -0.2) is 36.7 Å². The van der Waals surface area contributed by atoms with Crippen molar-refractivity contribution in [3.05, 3.63) is 53.1 Å². The molecule has 1 aliphatic heterocycles. The highest BCUT2D eigenvalue weighted by Crippen LogP contribution is 2.35. The van der Waals surface area contributed by atoms with Crippen LogP contribution in [0.25, 0.3) is 33.5 Å². The Bertz CT molecular complexity index is 1300. The first-order chi connectivity index (χ1) is 15.6. The van der Waals surface area contributed by atoms with E-state index in [9.17, 15) is 9.50 Å². The SMILES string of the molecule is CCc1cc(O)c(F)cc1-c1ccc2c(-c3nc4c([nH]3)CN(CC3CCC3)C4)n[nH]c2c1. The number of phenols is 1. The number of aromatic amines is 2. The number of H-pyrrole nitrogens is 2. The van der Waals surface area contributed by atoms with E-state index in [1.165, 1.54) is 43.6 Å². The highest BCUT2D eigenvalue weighted by molar-refractivity contribution is 5.94. The van der Waals surface area contributed by atoms with Crippen molar-refractivity contribution in [2.45, 2.75) is 45.7 Å². The quantitative estimate of drug-likeness (QED) is 0.409. The molecule has 3 heterocycles. The average Bonchev–Trinajstić information content (AvgIpc) is 3.44. The minimum absolute atomic E-state index is 0.312. The van der Waals surface area contributed by atoms with Gasteiger partial charge in [0.15, 0.2) is 17.4 Å². The highest BCUT2D eigenvalue weighted by atomic mass is 19.1. The fourth-order valence-electron chi connectivity index (χ4n) is 5.01. The van der Waals surface area contributed by atoms with Gasteiger partial charge < -0.3 is 10.1 Å². The first-order valence-electron chi connectivity index (χ1n) is 11.4. The lowest BCUT2D eigenvalue weighted by atomic mass is 9.85. The van der Waals surface area contributed by atoms with Crippen LogP contribution in [0.4, 0.5) is 4.39 Å². The number of rotatable bonds is 5. The van der Waals surface area contributed by atoms with Crippen LogP contribution in [0.2, 0.25) is 0 Å². The summed E-state index contributed by atoms with van der Waals surface area (Å²) < 4.78 is 14.0. The van der Waals surface area contributed by atoms with Gasteiger partial charge in [0.05, 0.1) is 16.9 Å². The average molecular weight is 432 g/mol. The van der Waals surface area contributed by atoms with Crippen LogP contribution >= 0.6 is 0 Å². The van der Waals surface area contributed by atoms with Crippen LogP contribution in [0.3, 0.4) is 0 Å².